The molecule has 0 aliphatic rings. The van der Waals surface area contributed by atoms with E-state index in [1.807, 2.05) is 89.2 Å². The van der Waals surface area contributed by atoms with Crippen LogP contribution >= 0.6 is 11.8 Å². The first kappa shape index (κ1) is 17.7. The third kappa shape index (κ3) is 3.35. The summed E-state index contributed by atoms with van der Waals surface area (Å²) < 4.78 is 27.4. The van der Waals surface area contributed by atoms with Crippen LogP contribution in [0.15, 0.2) is 95.9 Å². The Morgan fingerprint density at radius 3 is 2.11 bits per heavy atom. The van der Waals surface area contributed by atoms with Gasteiger partial charge in [0.1, 0.15) is 0 Å². The van der Waals surface area contributed by atoms with Gasteiger partial charge in [0, 0.05) is 10.9 Å². The lowest BCUT2D eigenvalue weighted by Crippen LogP contribution is -2.15. The van der Waals surface area contributed by atoms with Crippen molar-refractivity contribution in [2.45, 2.75) is 4.90 Å². The quantitative estimate of drug-likeness (QED) is 0.458. The first-order valence-electron chi connectivity index (χ1n) is 8.40. The number of nitrogens with one attached hydrogen (secondary N) is 1. The largest absolute Gasteiger partial charge is 0.255 e. The number of rotatable bonds is 4. The minimum Gasteiger partial charge on any atom is -0.206 e. The smallest absolute Gasteiger partial charge is 0.206 e. The summed E-state index contributed by atoms with van der Waals surface area (Å²) >= 11 is 5.58. The first-order chi connectivity index (χ1) is 13.1. The van der Waals surface area contributed by atoms with Gasteiger partial charge >= 0.3 is 0 Å². The highest BCUT2D eigenvalue weighted by Gasteiger charge is 2.22. The van der Waals surface area contributed by atoms with E-state index in [-0.39, 0.29) is 4.90 Å². The zero-order valence-electron chi connectivity index (χ0n) is 14.3. The second kappa shape index (κ2) is 7.16. The molecule has 0 aliphatic carbocycles. The first-order valence-corrected chi connectivity index (χ1v) is 10.3. The molecule has 0 aromatic heterocycles. The molecule has 0 amide bonds. The highest BCUT2D eigenvalue weighted by atomic mass is 35.5. The van der Waals surface area contributed by atoms with Crippen molar-refractivity contribution in [1.82, 2.24) is 4.24 Å². The molecule has 134 valence electrons. The number of hydrogen-bond acceptors (Lipinski definition) is 2. The van der Waals surface area contributed by atoms with Crippen molar-refractivity contribution in [1.29, 1.82) is 0 Å². The number of benzene rings is 4. The van der Waals surface area contributed by atoms with E-state index < -0.39 is 10.0 Å². The molecule has 4 aromatic rings. The highest BCUT2D eigenvalue weighted by Crippen LogP contribution is 2.35. The lowest BCUT2D eigenvalue weighted by Gasteiger charge is -2.14. The Morgan fingerprint density at radius 1 is 0.667 bits per heavy atom. The van der Waals surface area contributed by atoms with Crippen LogP contribution in [-0.4, -0.2) is 8.42 Å². The van der Waals surface area contributed by atoms with Crippen molar-refractivity contribution in [2.75, 3.05) is 0 Å². The van der Waals surface area contributed by atoms with Crippen LogP contribution < -0.4 is 4.24 Å². The van der Waals surface area contributed by atoms with Gasteiger partial charge in [-0.15, -0.1) is 4.24 Å². The van der Waals surface area contributed by atoms with Crippen molar-refractivity contribution in [3.8, 4) is 22.3 Å². The fourth-order valence-electron chi connectivity index (χ4n) is 3.30. The van der Waals surface area contributed by atoms with Crippen molar-refractivity contribution >= 4 is 32.6 Å². The van der Waals surface area contributed by atoms with Gasteiger partial charge < -0.3 is 0 Å². The van der Waals surface area contributed by atoms with E-state index in [4.69, 9.17) is 11.8 Å². The van der Waals surface area contributed by atoms with Crippen LogP contribution in [0.25, 0.3) is 33.0 Å². The molecule has 1 N–H and O–H groups in total. The molecular formula is C22H16ClNO2S. The fraction of sp³-hybridized carbons (Fsp3) is 0. The molecule has 4 aromatic carbocycles. The fourth-order valence-corrected chi connectivity index (χ4v) is 4.55. The SMILES string of the molecule is O=S(=O)(NCl)c1c(-c2cccc(-c3ccccc3)c2)ccc2ccccc12. The summed E-state index contributed by atoms with van der Waals surface area (Å²) in [6, 6.07) is 28.9. The van der Waals surface area contributed by atoms with Gasteiger partial charge in [0.15, 0.2) is 0 Å². The molecule has 0 spiro atoms. The molecule has 27 heavy (non-hydrogen) atoms. The summed E-state index contributed by atoms with van der Waals surface area (Å²) in [6.45, 7) is 0. The Kier molecular flexibility index (Phi) is 4.70. The van der Waals surface area contributed by atoms with Gasteiger partial charge in [-0.1, -0.05) is 84.9 Å². The summed E-state index contributed by atoms with van der Waals surface area (Å²) in [5.41, 5.74) is 3.51. The summed E-state index contributed by atoms with van der Waals surface area (Å²) in [5.74, 6) is 0. The summed E-state index contributed by atoms with van der Waals surface area (Å²) in [6.07, 6.45) is 0. The van der Waals surface area contributed by atoms with Gasteiger partial charge in [-0.3, -0.25) is 0 Å². The van der Waals surface area contributed by atoms with E-state index in [2.05, 4.69) is 0 Å². The Hall–Kier alpha value is -2.66. The van der Waals surface area contributed by atoms with Crippen LogP contribution in [0.3, 0.4) is 0 Å². The molecule has 0 fully saturated rings. The predicted molar refractivity (Wildman–Crippen MR) is 111 cm³/mol. The Balaban J connectivity index is 1.99. The maximum atomic E-state index is 12.7. The molecule has 0 unspecified atom stereocenters. The van der Waals surface area contributed by atoms with E-state index in [0.717, 1.165) is 22.1 Å². The van der Waals surface area contributed by atoms with Gasteiger partial charge in [-0.2, -0.15) is 0 Å². The molecule has 0 heterocycles. The van der Waals surface area contributed by atoms with Crippen LogP contribution in [-0.2, 0) is 10.0 Å². The molecule has 5 heteroatoms. The van der Waals surface area contributed by atoms with Crippen LogP contribution in [0.4, 0.5) is 0 Å². The normalized spacial score (nSPS) is 11.6. The second-order valence-corrected chi connectivity index (χ2v) is 8.22. The molecule has 0 radical (unpaired) electrons. The van der Waals surface area contributed by atoms with Gasteiger partial charge in [-0.25, -0.2) is 8.42 Å². The number of halogens is 1. The minimum absolute atomic E-state index is 0.181. The van der Waals surface area contributed by atoms with Crippen LogP contribution in [0.1, 0.15) is 0 Å². The van der Waals surface area contributed by atoms with Crippen molar-refractivity contribution in [3.05, 3.63) is 91.0 Å². The average molecular weight is 394 g/mol. The molecule has 0 saturated heterocycles. The van der Waals surface area contributed by atoms with Crippen molar-refractivity contribution in [3.63, 3.8) is 0 Å². The Labute approximate surface area is 163 Å². The maximum absolute atomic E-state index is 12.7. The summed E-state index contributed by atoms with van der Waals surface area (Å²) in [7, 11) is -3.87. The number of hydrogen-bond donors (Lipinski definition) is 1. The van der Waals surface area contributed by atoms with E-state index in [9.17, 15) is 8.42 Å². The van der Waals surface area contributed by atoms with E-state index in [0.29, 0.717) is 10.9 Å². The van der Waals surface area contributed by atoms with Gasteiger partial charge in [-0.05, 0) is 39.9 Å². The van der Waals surface area contributed by atoms with Crippen LogP contribution in [0.2, 0.25) is 0 Å². The molecule has 0 saturated carbocycles. The molecule has 0 atom stereocenters. The zero-order valence-corrected chi connectivity index (χ0v) is 15.8. The number of fused-ring (bicyclic) bond motifs is 1. The molecular weight excluding hydrogens is 378 g/mol. The molecule has 4 rings (SSSR count). The highest BCUT2D eigenvalue weighted by molar-refractivity contribution is 7.90. The third-order valence-corrected chi connectivity index (χ3v) is 6.32. The average Bonchev–Trinajstić information content (AvgIpc) is 2.73. The van der Waals surface area contributed by atoms with Gasteiger partial charge in [0.05, 0.1) is 4.90 Å². The van der Waals surface area contributed by atoms with E-state index in [1.165, 1.54) is 0 Å². The van der Waals surface area contributed by atoms with E-state index >= 15 is 0 Å². The van der Waals surface area contributed by atoms with Crippen LogP contribution in [0, 0.1) is 0 Å². The maximum Gasteiger partial charge on any atom is 0.255 e. The third-order valence-electron chi connectivity index (χ3n) is 4.53. The Morgan fingerprint density at radius 2 is 1.33 bits per heavy atom. The lowest BCUT2D eigenvalue weighted by atomic mass is 9.97. The number of sulfonamides is 1. The molecule has 0 bridgehead atoms. The predicted octanol–water partition coefficient (Wildman–Crippen LogP) is 5.61. The summed E-state index contributed by atoms with van der Waals surface area (Å²) in [5, 5.41) is 1.47. The lowest BCUT2D eigenvalue weighted by molar-refractivity contribution is 0.595. The molecule has 0 aliphatic heterocycles. The van der Waals surface area contributed by atoms with Crippen LogP contribution in [0.5, 0.6) is 0 Å². The van der Waals surface area contributed by atoms with Gasteiger partial charge in [0.2, 0.25) is 0 Å². The molecule has 3 nitrogen and oxygen atoms in total. The monoisotopic (exact) mass is 393 g/mol. The van der Waals surface area contributed by atoms with E-state index in [1.54, 1.807) is 6.07 Å². The van der Waals surface area contributed by atoms with Crippen molar-refractivity contribution < 1.29 is 8.42 Å². The zero-order chi connectivity index (χ0) is 18.9. The summed E-state index contributed by atoms with van der Waals surface area (Å²) in [4.78, 5) is 0.181. The van der Waals surface area contributed by atoms with Gasteiger partial charge in [0.25, 0.3) is 10.0 Å². The second-order valence-electron chi connectivity index (χ2n) is 6.19. The Bertz CT molecular complexity index is 1220. The van der Waals surface area contributed by atoms with Crippen molar-refractivity contribution in [2.24, 2.45) is 0 Å². The standard InChI is InChI=1S/C22H16ClNO2S/c23-24-27(25,26)22-20-12-5-4-9-17(20)13-14-21(22)19-11-6-10-18(15-19)16-7-2-1-3-8-16/h1-15,24H. The minimum atomic E-state index is -3.87. The topological polar surface area (TPSA) is 46.2 Å².